The Morgan fingerprint density at radius 1 is 0.808 bits per heavy atom. The molecule has 0 unspecified atom stereocenters. The lowest BCUT2D eigenvalue weighted by Gasteiger charge is -2.10. The number of aryl methyl sites for hydroxylation is 2. The number of carbonyl (C=O) groups excluding carboxylic acids is 1. The summed E-state index contributed by atoms with van der Waals surface area (Å²) in [6.45, 7) is 4.00. The molecule has 0 aliphatic rings. The number of anilines is 1. The number of hydrogen-bond acceptors (Lipinski definition) is 3. The van der Waals surface area contributed by atoms with Gasteiger partial charge in [-0.15, -0.1) is 0 Å². The lowest BCUT2D eigenvalue weighted by molar-refractivity contribution is -0.118. The molecule has 0 atom stereocenters. The number of nitrogens with one attached hydrogen (secondary N) is 1. The molecule has 0 aliphatic heterocycles. The van der Waals surface area contributed by atoms with E-state index in [2.05, 4.69) is 5.32 Å². The first-order valence-corrected chi connectivity index (χ1v) is 8.43. The van der Waals surface area contributed by atoms with Crippen molar-refractivity contribution in [2.45, 2.75) is 13.8 Å². The van der Waals surface area contributed by atoms with Gasteiger partial charge in [-0.05, 0) is 73.5 Å². The summed E-state index contributed by atoms with van der Waals surface area (Å²) in [5, 5.41) is 2.84. The van der Waals surface area contributed by atoms with Crippen LogP contribution in [0, 0.1) is 13.8 Å². The van der Waals surface area contributed by atoms with E-state index in [0.717, 1.165) is 17.0 Å². The average Bonchev–Trinajstić information content (AvgIpc) is 2.65. The standard InChI is InChI=1S/C22H21NO3/c1-16-8-9-18(14-17(16)2)23-22(24)15-25-19-10-12-21(13-11-19)26-20-6-4-3-5-7-20/h3-14H,15H2,1-2H3,(H,23,24). The molecule has 0 saturated heterocycles. The molecule has 0 radical (unpaired) electrons. The van der Waals surface area contributed by atoms with Gasteiger partial charge in [-0.3, -0.25) is 4.79 Å². The number of rotatable bonds is 6. The monoisotopic (exact) mass is 347 g/mol. The van der Waals surface area contributed by atoms with Crippen LogP contribution in [0.25, 0.3) is 0 Å². The number of benzene rings is 3. The molecule has 0 aliphatic carbocycles. The zero-order valence-electron chi connectivity index (χ0n) is 14.9. The Morgan fingerprint density at radius 2 is 1.46 bits per heavy atom. The summed E-state index contributed by atoms with van der Waals surface area (Å²) in [5.74, 6) is 1.90. The highest BCUT2D eigenvalue weighted by Crippen LogP contribution is 2.23. The molecule has 0 spiro atoms. The maximum atomic E-state index is 12.0. The Labute approximate surface area is 153 Å². The van der Waals surface area contributed by atoms with E-state index in [9.17, 15) is 4.79 Å². The zero-order valence-corrected chi connectivity index (χ0v) is 14.9. The Morgan fingerprint density at radius 3 is 2.15 bits per heavy atom. The second kappa shape index (κ2) is 8.21. The van der Waals surface area contributed by atoms with Gasteiger partial charge in [-0.1, -0.05) is 24.3 Å². The van der Waals surface area contributed by atoms with E-state index in [0.29, 0.717) is 11.5 Å². The molecule has 0 aromatic heterocycles. The maximum Gasteiger partial charge on any atom is 0.262 e. The topological polar surface area (TPSA) is 47.6 Å². The Bertz CT molecular complexity index is 874. The first kappa shape index (κ1) is 17.5. The molecule has 0 bridgehead atoms. The first-order valence-electron chi connectivity index (χ1n) is 8.43. The Kier molecular flexibility index (Phi) is 5.54. The van der Waals surface area contributed by atoms with Gasteiger partial charge in [0.15, 0.2) is 6.61 Å². The van der Waals surface area contributed by atoms with Crippen LogP contribution in [0.5, 0.6) is 17.2 Å². The minimum Gasteiger partial charge on any atom is -0.484 e. The third-order valence-electron chi connectivity index (χ3n) is 3.96. The fourth-order valence-electron chi connectivity index (χ4n) is 2.39. The molecular weight excluding hydrogens is 326 g/mol. The van der Waals surface area contributed by atoms with Crippen molar-refractivity contribution < 1.29 is 14.3 Å². The van der Waals surface area contributed by atoms with Crippen molar-refractivity contribution in [3.05, 3.63) is 83.9 Å². The fourth-order valence-corrected chi connectivity index (χ4v) is 2.39. The predicted molar refractivity (Wildman–Crippen MR) is 103 cm³/mol. The van der Waals surface area contributed by atoms with Gasteiger partial charge in [0.25, 0.3) is 5.91 Å². The smallest absolute Gasteiger partial charge is 0.262 e. The summed E-state index contributed by atoms with van der Waals surface area (Å²) in [5.41, 5.74) is 3.10. The SMILES string of the molecule is Cc1ccc(NC(=O)COc2ccc(Oc3ccccc3)cc2)cc1C. The molecule has 1 amide bonds. The second-order valence-electron chi connectivity index (χ2n) is 6.02. The largest absolute Gasteiger partial charge is 0.484 e. The summed E-state index contributed by atoms with van der Waals surface area (Å²) in [4.78, 5) is 12.0. The van der Waals surface area contributed by atoms with E-state index >= 15 is 0 Å². The van der Waals surface area contributed by atoms with Gasteiger partial charge in [-0.2, -0.15) is 0 Å². The summed E-state index contributed by atoms with van der Waals surface area (Å²) in [6, 6.07) is 22.5. The minimum absolute atomic E-state index is 0.0498. The quantitative estimate of drug-likeness (QED) is 0.674. The van der Waals surface area contributed by atoms with Crippen molar-refractivity contribution in [2.24, 2.45) is 0 Å². The first-order chi connectivity index (χ1) is 12.6. The van der Waals surface area contributed by atoms with Crippen LogP contribution in [-0.4, -0.2) is 12.5 Å². The van der Waals surface area contributed by atoms with E-state index in [1.54, 1.807) is 12.1 Å². The summed E-state index contributed by atoms with van der Waals surface area (Å²) in [7, 11) is 0. The highest BCUT2D eigenvalue weighted by atomic mass is 16.5. The minimum atomic E-state index is -0.196. The molecule has 4 heteroatoms. The van der Waals surface area contributed by atoms with Crippen LogP contribution in [0.2, 0.25) is 0 Å². The van der Waals surface area contributed by atoms with Crippen molar-refractivity contribution >= 4 is 11.6 Å². The molecule has 0 fully saturated rings. The van der Waals surface area contributed by atoms with Gasteiger partial charge < -0.3 is 14.8 Å². The summed E-state index contributed by atoms with van der Waals surface area (Å²) in [6.07, 6.45) is 0. The highest BCUT2D eigenvalue weighted by molar-refractivity contribution is 5.92. The zero-order chi connectivity index (χ0) is 18.4. The lowest BCUT2D eigenvalue weighted by Crippen LogP contribution is -2.20. The highest BCUT2D eigenvalue weighted by Gasteiger charge is 2.05. The Balaban J connectivity index is 1.51. The average molecular weight is 347 g/mol. The molecule has 26 heavy (non-hydrogen) atoms. The van der Waals surface area contributed by atoms with E-state index < -0.39 is 0 Å². The molecule has 1 N–H and O–H groups in total. The van der Waals surface area contributed by atoms with Crippen LogP contribution >= 0.6 is 0 Å². The van der Waals surface area contributed by atoms with Gasteiger partial charge >= 0.3 is 0 Å². The van der Waals surface area contributed by atoms with Gasteiger partial charge in [0.1, 0.15) is 17.2 Å². The van der Waals surface area contributed by atoms with Gasteiger partial charge in [0, 0.05) is 5.69 Å². The van der Waals surface area contributed by atoms with Gasteiger partial charge in [0.05, 0.1) is 0 Å². The van der Waals surface area contributed by atoms with Crippen LogP contribution in [-0.2, 0) is 4.79 Å². The van der Waals surface area contributed by atoms with Crippen molar-refractivity contribution in [1.29, 1.82) is 0 Å². The number of ether oxygens (including phenoxy) is 2. The van der Waals surface area contributed by atoms with Crippen LogP contribution in [0.4, 0.5) is 5.69 Å². The van der Waals surface area contributed by atoms with Crippen LogP contribution in [0.1, 0.15) is 11.1 Å². The van der Waals surface area contributed by atoms with Gasteiger partial charge in [-0.25, -0.2) is 0 Å². The van der Waals surface area contributed by atoms with Crippen molar-refractivity contribution in [1.82, 2.24) is 0 Å². The normalized spacial score (nSPS) is 10.2. The maximum absolute atomic E-state index is 12.0. The molecule has 3 aromatic rings. The van der Waals surface area contributed by atoms with E-state index in [4.69, 9.17) is 9.47 Å². The van der Waals surface area contributed by atoms with Gasteiger partial charge in [0.2, 0.25) is 0 Å². The molecule has 0 heterocycles. The lowest BCUT2D eigenvalue weighted by atomic mass is 10.1. The molecule has 0 saturated carbocycles. The van der Waals surface area contributed by atoms with E-state index in [1.807, 2.05) is 74.5 Å². The second-order valence-corrected chi connectivity index (χ2v) is 6.02. The number of carbonyl (C=O) groups is 1. The molecule has 4 nitrogen and oxygen atoms in total. The molecule has 132 valence electrons. The Hall–Kier alpha value is -3.27. The van der Waals surface area contributed by atoms with E-state index in [-0.39, 0.29) is 12.5 Å². The van der Waals surface area contributed by atoms with E-state index in [1.165, 1.54) is 5.56 Å². The third-order valence-corrected chi connectivity index (χ3v) is 3.96. The summed E-state index contributed by atoms with van der Waals surface area (Å²) < 4.78 is 11.3. The fraction of sp³-hybridized carbons (Fsp3) is 0.136. The van der Waals surface area contributed by atoms with Crippen LogP contribution in [0.3, 0.4) is 0 Å². The molecule has 3 aromatic carbocycles. The number of hydrogen-bond donors (Lipinski definition) is 1. The predicted octanol–water partition coefficient (Wildman–Crippen LogP) is 5.11. The van der Waals surface area contributed by atoms with Crippen LogP contribution < -0.4 is 14.8 Å². The van der Waals surface area contributed by atoms with Crippen molar-refractivity contribution in [3.8, 4) is 17.2 Å². The summed E-state index contributed by atoms with van der Waals surface area (Å²) >= 11 is 0. The third kappa shape index (κ3) is 4.86. The molecule has 3 rings (SSSR count). The molecular formula is C22H21NO3. The van der Waals surface area contributed by atoms with Crippen molar-refractivity contribution in [2.75, 3.05) is 11.9 Å². The number of para-hydroxylation sites is 1. The number of amides is 1. The van der Waals surface area contributed by atoms with Crippen LogP contribution in [0.15, 0.2) is 72.8 Å². The van der Waals surface area contributed by atoms with Crippen molar-refractivity contribution in [3.63, 3.8) is 0 Å².